The predicted octanol–water partition coefficient (Wildman–Crippen LogP) is 2.06. The molecule has 1 saturated heterocycles. The molecule has 0 radical (unpaired) electrons. The molecule has 1 aliphatic heterocycles. The molecule has 5 nitrogen and oxygen atoms in total. The monoisotopic (exact) mass is 315 g/mol. The van der Waals surface area contributed by atoms with Crippen LogP contribution in [0.2, 0.25) is 0 Å². The molecule has 0 saturated carbocycles. The van der Waals surface area contributed by atoms with Crippen molar-refractivity contribution in [3.05, 3.63) is 47.5 Å². The number of allylic oxidation sites excluding steroid dienone is 1. The minimum Gasteiger partial charge on any atom is -0.481 e. The number of likely N-dealkylation sites (N-methyl/N-ethyl adjacent to an activating group) is 1. The Morgan fingerprint density at radius 1 is 1.09 bits per heavy atom. The van der Waals surface area contributed by atoms with Gasteiger partial charge in [-0.15, -0.1) is 0 Å². The van der Waals surface area contributed by atoms with Crippen LogP contribution < -0.4 is 0 Å². The fraction of sp³-hybridized carbons (Fsp3) is 0.444. The van der Waals surface area contributed by atoms with E-state index in [1.165, 1.54) is 0 Å². The molecule has 1 aromatic rings. The van der Waals surface area contributed by atoms with Gasteiger partial charge in [0.05, 0.1) is 11.8 Å². The van der Waals surface area contributed by atoms with Gasteiger partial charge in [-0.1, -0.05) is 42.0 Å². The fourth-order valence-corrected chi connectivity index (χ4v) is 4.06. The third-order valence-electron chi connectivity index (χ3n) is 5.11. The number of piperidine rings is 1. The Hall–Kier alpha value is -2.14. The Morgan fingerprint density at radius 3 is 2.35 bits per heavy atom. The number of carboxylic acid groups (broad SMARTS) is 2. The summed E-state index contributed by atoms with van der Waals surface area (Å²) >= 11 is 0. The summed E-state index contributed by atoms with van der Waals surface area (Å²) in [7, 11) is 2.01. The number of likely N-dealkylation sites (tertiary alicyclic amines) is 1. The third kappa shape index (κ3) is 2.88. The van der Waals surface area contributed by atoms with Crippen LogP contribution in [0.4, 0.5) is 0 Å². The highest BCUT2D eigenvalue weighted by atomic mass is 16.4. The summed E-state index contributed by atoms with van der Waals surface area (Å²) < 4.78 is 0. The number of nitrogens with zero attached hydrogens (tertiary/aromatic N) is 1. The highest BCUT2D eigenvalue weighted by Gasteiger charge is 2.49. The van der Waals surface area contributed by atoms with E-state index >= 15 is 0 Å². The molecule has 1 heterocycles. The summed E-state index contributed by atoms with van der Waals surface area (Å²) in [6.07, 6.45) is 2.71. The second-order valence-corrected chi connectivity index (χ2v) is 6.54. The molecule has 0 bridgehead atoms. The first kappa shape index (κ1) is 15.7. The van der Waals surface area contributed by atoms with Gasteiger partial charge in [-0.05, 0) is 31.5 Å². The van der Waals surface area contributed by atoms with Crippen molar-refractivity contribution < 1.29 is 19.8 Å². The molecular formula is C18H21NO4. The Kier molecular flexibility index (Phi) is 4.22. The van der Waals surface area contributed by atoms with Crippen molar-refractivity contribution >= 4 is 11.9 Å². The van der Waals surface area contributed by atoms with Gasteiger partial charge in [0, 0.05) is 12.5 Å². The molecule has 2 N–H and O–H groups in total. The summed E-state index contributed by atoms with van der Waals surface area (Å²) in [4.78, 5) is 25.9. The van der Waals surface area contributed by atoms with Crippen molar-refractivity contribution in [2.75, 3.05) is 20.1 Å². The van der Waals surface area contributed by atoms with E-state index in [1.54, 1.807) is 0 Å². The molecule has 23 heavy (non-hydrogen) atoms. The van der Waals surface area contributed by atoms with Crippen LogP contribution in [0.3, 0.4) is 0 Å². The van der Waals surface area contributed by atoms with Gasteiger partial charge in [0.25, 0.3) is 0 Å². The molecule has 122 valence electrons. The van der Waals surface area contributed by atoms with E-state index in [4.69, 9.17) is 0 Å². The van der Waals surface area contributed by atoms with Gasteiger partial charge in [0.2, 0.25) is 0 Å². The van der Waals surface area contributed by atoms with E-state index in [1.807, 2.05) is 43.5 Å². The van der Waals surface area contributed by atoms with Gasteiger partial charge in [0.15, 0.2) is 0 Å². The Labute approximate surface area is 135 Å². The van der Waals surface area contributed by atoms with Gasteiger partial charge in [-0.2, -0.15) is 0 Å². The first-order chi connectivity index (χ1) is 11.0. The molecule has 0 spiro atoms. The van der Waals surface area contributed by atoms with Gasteiger partial charge >= 0.3 is 11.9 Å². The van der Waals surface area contributed by atoms with E-state index < -0.39 is 29.7 Å². The zero-order valence-corrected chi connectivity index (χ0v) is 13.1. The van der Waals surface area contributed by atoms with Crippen molar-refractivity contribution in [3.63, 3.8) is 0 Å². The molecule has 1 aromatic carbocycles. The van der Waals surface area contributed by atoms with Crippen LogP contribution in [0, 0.1) is 17.8 Å². The molecule has 0 aromatic heterocycles. The SMILES string of the molecule is CN1CCC2C(=CC(c3ccccc3)C(C(=O)O)C2C(=O)O)C1. The van der Waals surface area contributed by atoms with Crippen molar-refractivity contribution in [1.29, 1.82) is 0 Å². The van der Waals surface area contributed by atoms with E-state index in [0.717, 1.165) is 17.7 Å². The summed E-state index contributed by atoms with van der Waals surface area (Å²) in [5.74, 6) is -4.39. The summed E-state index contributed by atoms with van der Waals surface area (Å²) in [6.45, 7) is 1.51. The van der Waals surface area contributed by atoms with E-state index in [2.05, 4.69) is 4.90 Å². The van der Waals surface area contributed by atoms with E-state index in [-0.39, 0.29) is 5.92 Å². The van der Waals surface area contributed by atoms with Gasteiger partial charge in [0.1, 0.15) is 0 Å². The lowest BCUT2D eigenvalue weighted by atomic mass is 9.63. The lowest BCUT2D eigenvalue weighted by Gasteiger charge is -2.43. The smallest absolute Gasteiger partial charge is 0.308 e. The largest absolute Gasteiger partial charge is 0.481 e. The van der Waals surface area contributed by atoms with Crippen LogP contribution >= 0.6 is 0 Å². The second-order valence-electron chi connectivity index (χ2n) is 6.54. The lowest BCUT2D eigenvalue weighted by molar-refractivity contribution is -0.157. The lowest BCUT2D eigenvalue weighted by Crippen LogP contribution is -2.47. The van der Waals surface area contributed by atoms with Crippen LogP contribution in [0.15, 0.2) is 42.0 Å². The predicted molar refractivity (Wildman–Crippen MR) is 85.1 cm³/mol. The molecule has 1 aliphatic carbocycles. The van der Waals surface area contributed by atoms with Crippen LogP contribution in [-0.2, 0) is 9.59 Å². The van der Waals surface area contributed by atoms with Crippen LogP contribution in [0.25, 0.3) is 0 Å². The standard InChI is InChI=1S/C18H21NO4/c1-19-8-7-13-12(10-19)9-14(11-5-3-2-4-6-11)16(18(22)23)15(13)17(20)21/h2-6,9,13-16H,7-8,10H2,1H3,(H,20,21)(H,22,23). The molecule has 0 amide bonds. The number of hydrogen-bond donors (Lipinski definition) is 2. The van der Waals surface area contributed by atoms with Gasteiger partial charge in [-0.25, -0.2) is 0 Å². The maximum Gasteiger partial charge on any atom is 0.308 e. The molecule has 1 fully saturated rings. The summed E-state index contributed by atoms with van der Waals surface area (Å²) in [5, 5.41) is 19.5. The Balaban J connectivity index is 2.10. The van der Waals surface area contributed by atoms with E-state index in [9.17, 15) is 19.8 Å². The normalized spacial score (nSPS) is 31.1. The number of hydrogen-bond acceptors (Lipinski definition) is 3. The summed E-state index contributed by atoms with van der Waals surface area (Å²) in [5.41, 5.74) is 1.93. The fourth-order valence-electron chi connectivity index (χ4n) is 4.06. The van der Waals surface area contributed by atoms with Crippen molar-refractivity contribution in [2.45, 2.75) is 12.3 Å². The zero-order valence-electron chi connectivity index (χ0n) is 13.1. The first-order valence-corrected chi connectivity index (χ1v) is 7.88. The minimum absolute atomic E-state index is 0.176. The van der Waals surface area contributed by atoms with Gasteiger partial charge < -0.3 is 15.1 Å². The number of fused-ring (bicyclic) bond motifs is 1. The molecular weight excluding hydrogens is 294 g/mol. The first-order valence-electron chi connectivity index (χ1n) is 7.88. The minimum atomic E-state index is -1.03. The van der Waals surface area contributed by atoms with Crippen LogP contribution in [0.1, 0.15) is 17.9 Å². The van der Waals surface area contributed by atoms with E-state index in [0.29, 0.717) is 13.0 Å². The van der Waals surface area contributed by atoms with Crippen LogP contribution in [0.5, 0.6) is 0 Å². The number of benzene rings is 1. The number of carboxylic acids is 2. The molecule has 3 rings (SSSR count). The van der Waals surface area contributed by atoms with Crippen molar-refractivity contribution in [2.24, 2.45) is 17.8 Å². The summed E-state index contributed by atoms with van der Waals surface area (Å²) in [6, 6.07) is 9.36. The Bertz CT molecular complexity index is 640. The number of carbonyl (C=O) groups is 2. The average Bonchev–Trinajstić information content (AvgIpc) is 2.53. The Morgan fingerprint density at radius 2 is 1.74 bits per heavy atom. The van der Waals surface area contributed by atoms with Crippen molar-refractivity contribution in [3.8, 4) is 0 Å². The average molecular weight is 315 g/mol. The zero-order chi connectivity index (χ0) is 16.6. The van der Waals surface area contributed by atoms with Crippen molar-refractivity contribution in [1.82, 2.24) is 4.90 Å². The molecule has 4 atom stereocenters. The maximum absolute atomic E-state index is 11.9. The van der Waals surface area contributed by atoms with Crippen LogP contribution in [-0.4, -0.2) is 47.2 Å². The highest BCUT2D eigenvalue weighted by molar-refractivity contribution is 5.82. The quantitative estimate of drug-likeness (QED) is 0.835. The highest BCUT2D eigenvalue weighted by Crippen LogP contribution is 2.46. The second kappa shape index (κ2) is 6.16. The van der Waals surface area contributed by atoms with Gasteiger partial charge in [-0.3, -0.25) is 9.59 Å². The molecule has 5 heteroatoms. The third-order valence-corrected chi connectivity index (χ3v) is 5.11. The molecule has 4 unspecified atom stereocenters. The maximum atomic E-state index is 11.9. The molecule has 2 aliphatic rings. The number of rotatable bonds is 3. The number of aliphatic carboxylic acids is 2. The topological polar surface area (TPSA) is 77.8 Å².